The molecule has 1 fully saturated rings. The lowest BCUT2D eigenvalue weighted by molar-refractivity contribution is 0.0689. The smallest absolute Gasteiger partial charge is 0.275 e. The summed E-state index contributed by atoms with van der Waals surface area (Å²) in [6, 6.07) is 0. The van der Waals surface area contributed by atoms with Gasteiger partial charge < -0.3 is 9.64 Å². The number of ether oxygens (including phenoxy) is 1. The molecule has 1 aromatic heterocycles. The maximum Gasteiger partial charge on any atom is 0.275 e. The zero-order valence-electron chi connectivity index (χ0n) is 11.1. The van der Waals surface area contributed by atoms with Gasteiger partial charge >= 0.3 is 0 Å². The largest absolute Gasteiger partial charge is 0.477 e. The van der Waals surface area contributed by atoms with E-state index in [1.165, 1.54) is 0 Å². The summed E-state index contributed by atoms with van der Waals surface area (Å²) >= 11 is 3.46. The minimum Gasteiger partial charge on any atom is -0.477 e. The van der Waals surface area contributed by atoms with E-state index in [1.807, 2.05) is 4.90 Å². The van der Waals surface area contributed by atoms with Gasteiger partial charge in [-0.1, -0.05) is 6.92 Å². The molecule has 2 aliphatic rings. The predicted molar refractivity (Wildman–Crippen MR) is 74.3 cm³/mol. The fourth-order valence-electron chi connectivity index (χ4n) is 2.60. The fourth-order valence-corrected chi connectivity index (χ4v) is 3.16. The molecule has 0 aliphatic carbocycles. The Labute approximate surface area is 121 Å². The summed E-state index contributed by atoms with van der Waals surface area (Å²) in [6.07, 6.45) is 3.09. The van der Waals surface area contributed by atoms with Crippen LogP contribution in [0.25, 0.3) is 0 Å². The first kappa shape index (κ1) is 13.0. The molecule has 0 bridgehead atoms. The molecule has 5 nitrogen and oxygen atoms in total. The van der Waals surface area contributed by atoms with Crippen LogP contribution in [-0.2, 0) is 6.54 Å². The van der Waals surface area contributed by atoms with Crippen molar-refractivity contribution in [1.82, 2.24) is 14.7 Å². The molecule has 0 saturated carbocycles. The maximum atomic E-state index is 12.5. The molecule has 0 spiro atoms. The van der Waals surface area contributed by atoms with Crippen molar-refractivity contribution >= 4 is 21.8 Å². The third-order valence-electron chi connectivity index (χ3n) is 3.88. The first-order valence-corrected chi connectivity index (χ1v) is 7.64. The Balaban J connectivity index is 1.82. The van der Waals surface area contributed by atoms with Crippen molar-refractivity contribution in [2.45, 2.75) is 32.7 Å². The summed E-state index contributed by atoms with van der Waals surface area (Å²) in [4.78, 5) is 14.4. The Kier molecular flexibility index (Phi) is 3.52. The molecule has 2 aliphatic heterocycles. The zero-order valence-corrected chi connectivity index (χ0v) is 12.6. The number of piperidine rings is 1. The van der Waals surface area contributed by atoms with Gasteiger partial charge in [-0.15, -0.1) is 0 Å². The van der Waals surface area contributed by atoms with Gasteiger partial charge in [0.15, 0.2) is 5.69 Å². The average molecular weight is 328 g/mol. The Morgan fingerprint density at radius 2 is 2.11 bits per heavy atom. The van der Waals surface area contributed by atoms with Gasteiger partial charge in [0.2, 0.25) is 5.88 Å². The van der Waals surface area contributed by atoms with Crippen LogP contribution in [-0.4, -0.2) is 40.3 Å². The molecule has 3 rings (SSSR count). The average Bonchev–Trinajstić information content (AvgIpc) is 2.77. The summed E-state index contributed by atoms with van der Waals surface area (Å²) in [6.45, 7) is 5.41. The summed E-state index contributed by atoms with van der Waals surface area (Å²) in [5, 5.41) is 4.40. The van der Waals surface area contributed by atoms with Gasteiger partial charge in [-0.25, -0.2) is 4.68 Å². The molecule has 1 aromatic rings. The molecule has 19 heavy (non-hydrogen) atoms. The SMILES string of the molecule is CC1CCN(C(=O)c2nn3c(c2Br)OCCC3)CC1. The number of nitrogens with zero attached hydrogens (tertiary/aromatic N) is 3. The van der Waals surface area contributed by atoms with Crippen LogP contribution >= 0.6 is 15.9 Å². The second-order valence-electron chi connectivity index (χ2n) is 5.37. The van der Waals surface area contributed by atoms with Gasteiger partial charge in [-0.05, 0) is 34.7 Å². The van der Waals surface area contributed by atoms with Gasteiger partial charge in [0, 0.05) is 26.1 Å². The van der Waals surface area contributed by atoms with E-state index in [0.29, 0.717) is 28.6 Å². The molecular weight excluding hydrogens is 310 g/mol. The van der Waals surface area contributed by atoms with Gasteiger partial charge in [0.05, 0.1) is 6.61 Å². The third-order valence-corrected chi connectivity index (χ3v) is 4.59. The van der Waals surface area contributed by atoms with Crippen molar-refractivity contribution < 1.29 is 9.53 Å². The Morgan fingerprint density at radius 3 is 2.79 bits per heavy atom. The number of halogens is 1. The summed E-state index contributed by atoms with van der Waals surface area (Å²) in [7, 11) is 0. The van der Waals surface area contributed by atoms with E-state index in [-0.39, 0.29) is 5.91 Å². The highest BCUT2D eigenvalue weighted by atomic mass is 79.9. The van der Waals surface area contributed by atoms with E-state index in [4.69, 9.17) is 4.74 Å². The molecule has 6 heteroatoms. The number of carbonyl (C=O) groups excluding carboxylic acids is 1. The number of likely N-dealkylation sites (tertiary alicyclic amines) is 1. The molecule has 1 amide bonds. The van der Waals surface area contributed by atoms with Crippen molar-refractivity contribution in [3.8, 4) is 5.88 Å². The van der Waals surface area contributed by atoms with Crippen LogP contribution in [0.2, 0.25) is 0 Å². The van der Waals surface area contributed by atoms with Crippen LogP contribution in [0.4, 0.5) is 0 Å². The summed E-state index contributed by atoms with van der Waals surface area (Å²) in [5.41, 5.74) is 0.492. The second kappa shape index (κ2) is 5.15. The van der Waals surface area contributed by atoms with Gasteiger partial charge in [-0.2, -0.15) is 5.10 Å². The standard InChI is InChI=1S/C13H18BrN3O2/c1-9-3-6-16(7-4-9)12(18)11-10(14)13-17(15-11)5-2-8-19-13/h9H,2-8H2,1H3. The van der Waals surface area contributed by atoms with E-state index in [9.17, 15) is 4.79 Å². The van der Waals surface area contributed by atoms with E-state index in [2.05, 4.69) is 28.0 Å². The van der Waals surface area contributed by atoms with Crippen LogP contribution in [0.15, 0.2) is 4.47 Å². The number of rotatable bonds is 1. The Bertz CT molecular complexity index is 492. The molecule has 0 atom stereocenters. The molecule has 3 heterocycles. The van der Waals surface area contributed by atoms with E-state index in [0.717, 1.165) is 38.9 Å². The lowest BCUT2D eigenvalue weighted by atomic mass is 9.99. The zero-order chi connectivity index (χ0) is 13.4. The van der Waals surface area contributed by atoms with Crippen LogP contribution in [0.5, 0.6) is 5.88 Å². The predicted octanol–water partition coefficient (Wildman–Crippen LogP) is 2.30. The maximum absolute atomic E-state index is 12.5. The molecule has 0 aromatic carbocycles. The quantitative estimate of drug-likeness (QED) is 0.795. The normalized spacial score (nSPS) is 20.0. The van der Waals surface area contributed by atoms with Crippen LogP contribution in [0, 0.1) is 5.92 Å². The van der Waals surface area contributed by atoms with Crippen molar-refractivity contribution in [2.75, 3.05) is 19.7 Å². The monoisotopic (exact) mass is 327 g/mol. The first-order valence-electron chi connectivity index (χ1n) is 6.85. The lowest BCUT2D eigenvalue weighted by Crippen LogP contribution is -2.38. The van der Waals surface area contributed by atoms with Gasteiger partial charge in [0.1, 0.15) is 4.47 Å². The highest BCUT2D eigenvalue weighted by Crippen LogP contribution is 2.32. The fraction of sp³-hybridized carbons (Fsp3) is 0.692. The van der Waals surface area contributed by atoms with Crippen molar-refractivity contribution in [1.29, 1.82) is 0 Å². The van der Waals surface area contributed by atoms with Crippen molar-refractivity contribution in [3.63, 3.8) is 0 Å². The van der Waals surface area contributed by atoms with Gasteiger partial charge in [-0.3, -0.25) is 4.79 Å². The topological polar surface area (TPSA) is 47.4 Å². The molecule has 0 unspecified atom stereocenters. The number of hydrogen-bond acceptors (Lipinski definition) is 3. The number of aryl methyl sites for hydroxylation is 1. The number of carbonyl (C=O) groups is 1. The molecule has 0 N–H and O–H groups in total. The summed E-state index contributed by atoms with van der Waals surface area (Å²) < 4.78 is 8.06. The number of aromatic nitrogens is 2. The van der Waals surface area contributed by atoms with Crippen LogP contribution in [0.3, 0.4) is 0 Å². The van der Waals surface area contributed by atoms with E-state index < -0.39 is 0 Å². The molecule has 1 saturated heterocycles. The van der Waals surface area contributed by atoms with Crippen molar-refractivity contribution in [2.24, 2.45) is 5.92 Å². The van der Waals surface area contributed by atoms with Crippen LogP contribution in [0.1, 0.15) is 36.7 Å². The first-order chi connectivity index (χ1) is 9.16. The third kappa shape index (κ3) is 2.38. The Hall–Kier alpha value is -1.04. The van der Waals surface area contributed by atoms with Crippen molar-refractivity contribution in [3.05, 3.63) is 10.2 Å². The minimum atomic E-state index is 0.0178. The number of hydrogen-bond donors (Lipinski definition) is 0. The number of amides is 1. The highest BCUT2D eigenvalue weighted by Gasteiger charge is 2.29. The lowest BCUT2D eigenvalue weighted by Gasteiger charge is -2.29. The highest BCUT2D eigenvalue weighted by molar-refractivity contribution is 9.10. The molecule has 104 valence electrons. The Morgan fingerprint density at radius 1 is 1.37 bits per heavy atom. The minimum absolute atomic E-state index is 0.0178. The second-order valence-corrected chi connectivity index (χ2v) is 6.16. The molecule has 0 radical (unpaired) electrons. The van der Waals surface area contributed by atoms with Gasteiger partial charge in [0.25, 0.3) is 5.91 Å². The van der Waals surface area contributed by atoms with Crippen LogP contribution < -0.4 is 4.74 Å². The number of fused-ring (bicyclic) bond motifs is 1. The van der Waals surface area contributed by atoms with E-state index >= 15 is 0 Å². The summed E-state index contributed by atoms with van der Waals surface area (Å²) in [5.74, 6) is 1.43. The van der Waals surface area contributed by atoms with E-state index in [1.54, 1.807) is 4.68 Å². The molecular formula is C13H18BrN3O2.